The maximum atomic E-state index is 12.4. The van der Waals surface area contributed by atoms with Crippen LogP contribution >= 0.6 is 11.6 Å². The summed E-state index contributed by atoms with van der Waals surface area (Å²) in [5.41, 5.74) is -1.56. The van der Waals surface area contributed by atoms with E-state index in [1.807, 2.05) is 0 Å². The van der Waals surface area contributed by atoms with Gasteiger partial charge >= 0.3 is 6.18 Å². The Balaban J connectivity index is 3.41. The minimum Gasteiger partial charge on any atom is -0.495 e. The van der Waals surface area contributed by atoms with E-state index >= 15 is 0 Å². The van der Waals surface area contributed by atoms with Crippen molar-refractivity contribution in [2.45, 2.75) is 6.18 Å². The van der Waals surface area contributed by atoms with E-state index in [-0.39, 0.29) is 17.1 Å². The fourth-order valence-electron chi connectivity index (χ4n) is 1.07. The van der Waals surface area contributed by atoms with Crippen molar-refractivity contribution >= 4 is 17.9 Å². The molecule has 1 aromatic carbocycles. The highest BCUT2D eigenvalue weighted by Gasteiger charge is 2.34. The molecule has 6 heteroatoms. The molecule has 0 spiro atoms. The number of carbonyl (C=O) groups excluding carboxylic acids is 1. The maximum Gasteiger partial charge on any atom is 0.417 e. The Morgan fingerprint density at radius 1 is 1.40 bits per heavy atom. The van der Waals surface area contributed by atoms with Crippen LogP contribution in [0.2, 0.25) is 5.02 Å². The molecule has 0 fully saturated rings. The Morgan fingerprint density at radius 2 is 2.00 bits per heavy atom. The highest BCUT2D eigenvalue weighted by atomic mass is 35.5. The summed E-state index contributed by atoms with van der Waals surface area (Å²) in [6, 6.07) is 1.63. The molecular weight excluding hydrogens is 233 g/mol. The van der Waals surface area contributed by atoms with E-state index in [0.717, 1.165) is 6.07 Å². The number of benzene rings is 1. The zero-order valence-corrected chi connectivity index (χ0v) is 8.32. The molecule has 0 N–H and O–H groups in total. The van der Waals surface area contributed by atoms with Gasteiger partial charge in [-0.25, -0.2) is 0 Å². The van der Waals surface area contributed by atoms with Gasteiger partial charge in [0.1, 0.15) is 5.75 Å². The van der Waals surface area contributed by atoms with E-state index in [1.54, 1.807) is 0 Å². The van der Waals surface area contributed by atoms with E-state index in [2.05, 4.69) is 0 Å². The van der Waals surface area contributed by atoms with Gasteiger partial charge in [-0.2, -0.15) is 13.2 Å². The van der Waals surface area contributed by atoms with Crippen LogP contribution in [0.1, 0.15) is 15.9 Å². The van der Waals surface area contributed by atoms with Gasteiger partial charge in [-0.3, -0.25) is 4.79 Å². The minimum absolute atomic E-state index is 0.0340. The summed E-state index contributed by atoms with van der Waals surface area (Å²) in [4.78, 5) is 10.5. The average molecular weight is 239 g/mol. The van der Waals surface area contributed by atoms with Crippen molar-refractivity contribution in [3.8, 4) is 5.75 Å². The van der Waals surface area contributed by atoms with Gasteiger partial charge in [0.15, 0.2) is 6.29 Å². The molecule has 0 heterocycles. The Hall–Kier alpha value is -1.23. The number of rotatable bonds is 2. The molecule has 1 aromatic rings. The van der Waals surface area contributed by atoms with Crippen LogP contribution in [0.15, 0.2) is 12.1 Å². The Morgan fingerprint density at radius 3 is 2.40 bits per heavy atom. The number of hydrogen-bond donors (Lipinski definition) is 0. The lowest BCUT2D eigenvalue weighted by atomic mass is 10.1. The molecule has 0 bridgehead atoms. The summed E-state index contributed by atoms with van der Waals surface area (Å²) in [6.07, 6.45) is -4.49. The molecule has 0 aliphatic heterocycles. The molecule has 0 aliphatic carbocycles. The molecule has 0 aromatic heterocycles. The van der Waals surface area contributed by atoms with Crippen LogP contribution in [-0.2, 0) is 6.18 Å². The number of methoxy groups -OCH3 is 1. The highest BCUT2D eigenvalue weighted by molar-refractivity contribution is 6.32. The normalized spacial score (nSPS) is 11.3. The fourth-order valence-corrected chi connectivity index (χ4v) is 1.31. The molecule has 82 valence electrons. The lowest BCUT2D eigenvalue weighted by Crippen LogP contribution is -2.09. The summed E-state index contributed by atoms with van der Waals surface area (Å²) in [6.45, 7) is 0. The molecule has 2 nitrogen and oxygen atoms in total. The molecule has 0 radical (unpaired) electrons. The van der Waals surface area contributed by atoms with Gasteiger partial charge in [-0.1, -0.05) is 11.6 Å². The van der Waals surface area contributed by atoms with Crippen molar-refractivity contribution in [2.24, 2.45) is 0 Å². The van der Waals surface area contributed by atoms with Gasteiger partial charge in [-0.05, 0) is 12.1 Å². The van der Waals surface area contributed by atoms with Gasteiger partial charge in [0.25, 0.3) is 0 Å². The number of alkyl halides is 3. The molecule has 0 unspecified atom stereocenters. The molecule has 0 aliphatic rings. The zero-order valence-electron chi connectivity index (χ0n) is 7.56. The molecule has 0 saturated heterocycles. The molecule has 15 heavy (non-hydrogen) atoms. The average Bonchev–Trinajstić information content (AvgIpc) is 2.16. The molecule has 0 atom stereocenters. The summed E-state index contributed by atoms with van der Waals surface area (Å²) in [5, 5.41) is -0.185. The van der Waals surface area contributed by atoms with Gasteiger partial charge in [-0.15, -0.1) is 0 Å². The summed E-state index contributed by atoms with van der Waals surface area (Å²) in [7, 11) is 1.25. The largest absolute Gasteiger partial charge is 0.495 e. The summed E-state index contributed by atoms with van der Waals surface area (Å²) >= 11 is 5.52. The van der Waals surface area contributed by atoms with Crippen molar-refractivity contribution in [3.63, 3.8) is 0 Å². The second-order valence-electron chi connectivity index (χ2n) is 2.69. The van der Waals surface area contributed by atoms with Crippen LogP contribution in [0.4, 0.5) is 13.2 Å². The van der Waals surface area contributed by atoms with Crippen molar-refractivity contribution in [1.29, 1.82) is 0 Å². The second kappa shape index (κ2) is 4.10. The predicted octanol–water partition coefficient (Wildman–Crippen LogP) is 3.18. The van der Waals surface area contributed by atoms with Crippen LogP contribution in [0.3, 0.4) is 0 Å². The van der Waals surface area contributed by atoms with Crippen LogP contribution in [0.25, 0.3) is 0 Å². The maximum absolute atomic E-state index is 12.4. The van der Waals surface area contributed by atoms with Crippen LogP contribution in [0, 0.1) is 0 Å². The summed E-state index contributed by atoms with van der Waals surface area (Å²) < 4.78 is 41.9. The van der Waals surface area contributed by atoms with Gasteiger partial charge in [0.05, 0.1) is 17.7 Å². The first-order valence-electron chi connectivity index (χ1n) is 3.80. The smallest absolute Gasteiger partial charge is 0.417 e. The van der Waals surface area contributed by atoms with Gasteiger partial charge in [0.2, 0.25) is 0 Å². The van der Waals surface area contributed by atoms with Crippen molar-refractivity contribution < 1.29 is 22.7 Å². The third-order valence-electron chi connectivity index (χ3n) is 1.76. The zero-order chi connectivity index (χ0) is 11.6. The molecular formula is C9H6ClF3O2. The highest BCUT2D eigenvalue weighted by Crippen LogP contribution is 2.36. The minimum atomic E-state index is -4.61. The topological polar surface area (TPSA) is 26.3 Å². The molecule has 0 amide bonds. The first-order valence-corrected chi connectivity index (χ1v) is 4.18. The monoisotopic (exact) mass is 238 g/mol. The second-order valence-corrected chi connectivity index (χ2v) is 3.10. The van der Waals surface area contributed by atoms with E-state index < -0.39 is 17.3 Å². The molecule has 0 saturated carbocycles. The number of hydrogen-bond acceptors (Lipinski definition) is 2. The Kier molecular flexibility index (Phi) is 3.24. The fraction of sp³-hybridized carbons (Fsp3) is 0.222. The number of aldehydes is 1. The third kappa shape index (κ3) is 2.41. The lowest BCUT2D eigenvalue weighted by Gasteiger charge is -2.11. The van der Waals surface area contributed by atoms with Crippen LogP contribution in [0.5, 0.6) is 5.75 Å². The van der Waals surface area contributed by atoms with E-state index in [1.165, 1.54) is 7.11 Å². The van der Waals surface area contributed by atoms with Gasteiger partial charge < -0.3 is 4.74 Å². The third-order valence-corrected chi connectivity index (χ3v) is 2.05. The first-order chi connectivity index (χ1) is 6.90. The van der Waals surface area contributed by atoms with Crippen molar-refractivity contribution in [3.05, 3.63) is 28.3 Å². The summed E-state index contributed by atoms with van der Waals surface area (Å²) in [5.74, 6) is 0.0340. The van der Waals surface area contributed by atoms with Crippen LogP contribution < -0.4 is 4.74 Å². The number of halogens is 4. The predicted molar refractivity (Wildman–Crippen MR) is 48.4 cm³/mol. The van der Waals surface area contributed by atoms with Gasteiger partial charge in [0, 0.05) is 5.56 Å². The van der Waals surface area contributed by atoms with E-state index in [0.29, 0.717) is 6.07 Å². The first kappa shape index (κ1) is 11.8. The quantitative estimate of drug-likeness (QED) is 0.740. The standard InChI is InChI=1S/C9H6ClF3O2/c1-15-8-2-5(4-14)6(3-7(8)10)9(11,12)13/h2-4H,1H3. The Labute approximate surface area is 88.6 Å². The van der Waals surface area contributed by atoms with E-state index in [9.17, 15) is 18.0 Å². The molecule has 1 rings (SSSR count). The SMILES string of the molecule is COc1cc(C=O)c(C(F)(F)F)cc1Cl. The van der Waals surface area contributed by atoms with Crippen molar-refractivity contribution in [2.75, 3.05) is 7.11 Å². The Bertz CT molecular complexity index is 388. The van der Waals surface area contributed by atoms with E-state index in [4.69, 9.17) is 16.3 Å². The number of carbonyl (C=O) groups is 1. The lowest BCUT2D eigenvalue weighted by molar-refractivity contribution is -0.137. The number of ether oxygens (including phenoxy) is 1. The van der Waals surface area contributed by atoms with Crippen LogP contribution in [-0.4, -0.2) is 13.4 Å². The van der Waals surface area contributed by atoms with Crippen molar-refractivity contribution in [1.82, 2.24) is 0 Å².